The normalized spacial score (nSPS) is 20.0. The Labute approximate surface area is 134 Å². The van der Waals surface area contributed by atoms with Crippen LogP contribution in [0.1, 0.15) is 24.2 Å². The van der Waals surface area contributed by atoms with Crippen LogP contribution in [0.15, 0.2) is 30.3 Å². The molecule has 3 aromatic rings. The van der Waals surface area contributed by atoms with Crippen LogP contribution >= 0.6 is 11.3 Å². The molecule has 0 amide bonds. The Kier molecular flexibility index (Phi) is 3.72. The maximum atomic E-state index is 4.66. The molecule has 1 aliphatic heterocycles. The van der Waals surface area contributed by atoms with Crippen LogP contribution in [0.4, 0.5) is 0 Å². The molecule has 1 atom stereocenters. The molecular weight excluding hydrogens is 294 g/mol. The van der Waals surface area contributed by atoms with E-state index >= 15 is 0 Å². The van der Waals surface area contributed by atoms with Crippen LogP contribution in [0.3, 0.4) is 0 Å². The molecule has 0 aromatic carbocycles. The highest BCUT2D eigenvalue weighted by molar-refractivity contribution is 7.15. The molecule has 4 rings (SSSR count). The Morgan fingerprint density at radius 1 is 1.36 bits per heavy atom. The van der Waals surface area contributed by atoms with Gasteiger partial charge < -0.3 is 4.57 Å². The van der Waals surface area contributed by atoms with Crippen LogP contribution in [-0.2, 0) is 13.1 Å². The van der Waals surface area contributed by atoms with Gasteiger partial charge in [0.15, 0.2) is 4.96 Å². The van der Waals surface area contributed by atoms with E-state index in [1.807, 2.05) is 12.5 Å². The molecule has 116 valence electrons. The highest BCUT2D eigenvalue weighted by Gasteiger charge is 2.22. The van der Waals surface area contributed by atoms with Gasteiger partial charge in [-0.3, -0.25) is 9.30 Å². The number of hydrogen-bond acceptors (Lipinski definition) is 4. The lowest BCUT2D eigenvalue weighted by atomic mass is 9.97. The number of hydrogen-bond donors (Lipinski definition) is 0. The lowest BCUT2D eigenvalue weighted by Gasteiger charge is -2.32. The molecule has 0 bridgehead atoms. The van der Waals surface area contributed by atoms with Crippen LogP contribution in [0.5, 0.6) is 0 Å². The van der Waals surface area contributed by atoms with Crippen molar-refractivity contribution in [1.29, 1.82) is 0 Å². The molecule has 0 saturated carbocycles. The molecule has 0 radical (unpaired) electrons. The number of imidazole rings is 2. The van der Waals surface area contributed by atoms with Crippen molar-refractivity contribution in [2.45, 2.75) is 32.9 Å². The Morgan fingerprint density at radius 3 is 3.18 bits per heavy atom. The number of nitrogens with zero attached hydrogens (tertiary/aromatic N) is 5. The van der Waals surface area contributed by atoms with Gasteiger partial charge in [-0.15, -0.1) is 11.3 Å². The predicted octanol–water partition coefficient (Wildman–Crippen LogP) is 2.81. The summed E-state index contributed by atoms with van der Waals surface area (Å²) in [5.41, 5.74) is 2.52. The summed E-state index contributed by atoms with van der Waals surface area (Å²) in [6.45, 7) is 6.56. The van der Waals surface area contributed by atoms with Crippen LogP contribution in [0, 0.1) is 12.8 Å². The van der Waals surface area contributed by atoms with Gasteiger partial charge in [0, 0.05) is 43.6 Å². The summed E-state index contributed by atoms with van der Waals surface area (Å²) in [6, 6.07) is 0. The molecule has 1 fully saturated rings. The van der Waals surface area contributed by atoms with E-state index in [1.54, 1.807) is 11.3 Å². The quantitative estimate of drug-likeness (QED) is 0.743. The third kappa shape index (κ3) is 2.68. The van der Waals surface area contributed by atoms with Gasteiger partial charge in [0.1, 0.15) is 0 Å². The molecule has 3 aromatic heterocycles. The Morgan fingerprint density at radius 2 is 2.32 bits per heavy atom. The summed E-state index contributed by atoms with van der Waals surface area (Å²) in [6.07, 6.45) is 10.6. The number of piperidine rings is 1. The summed E-state index contributed by atoms with van der Waals surface area (Å²) in [7, 11) is 0. The smallest absolute Gasteiger partial charge is 0.194 e. The van der Waals surface area contributed by atoms with Gasteiger partial charge >= 0.3 is 0 Å². The van der Waals surface area contributed by atoms with E-state index in [-0.39, 0.29) is 0 Å². The first-order valence-corrected chi connectivity index (χ1v) is 8.76. The Bertz CT molecular complexity index is 742. The first-order chi connectivity index (χ1) is 10.8. The fourth-order valence-corrected chi connectivity index (χ4v) is 4.26. The number of aryl methyl sites for hydroxylation is 1. The van der Waals surface area contributed by atoms with Crippen molar-refractivity contribution in [2.75, 3.05) is 13.1 Å². The second-order valence-corrected chi connectivity index (χ2v) is 7.08. The van der Waals surface area contributed by atoms with Gasteiger partial charge in [0.25, 0.3) is 0 Å². The number of thiazole rings is 1. The minimum absolute atomic E-state index is 0.717. The highest BCUT2D eigenvalue weighted by atomic mass is 32.1. The van der Waals surface area contributed by atoms with Crippen LogP contribution in [-0.4, -0.2) is 36.9 Å². The van der Waals surface area contributed by atoms with E-state index in [4.69, 9.17) is 0 Å². The van der Waals surface area contributed by atoms with E-state index in [2.05, 4.69) is 48.5 Å². The average Bonchev–Trinajstić information content (AvgIpc) is 3.21. The third-order valence-electron chi connectivity index (χ3n) is 4.57. The van der Waals surface area contributed by atoms with E-state index in [1.165, 1.54) is 30.8 Å². The first kappa shape index (κ1) is 14.0. The van der Waals surface area contributed by atoms with Gasteiger partial charge in [-0.1, -0.05) is 0 Å². The van der Waals surface area contributed by atoms with Crippen molar-refractivity contribution in [3.8, 4) is 0 Å². The van der Waals surface area contributed by atoms with Gasteiger partial charge in [-0.05, 0) is 32.2 Å². The second-order valence-electron chi connectivity index (χ2n) is 6.20. The SMILES string of the molecule is Cc1nc2sccn2c1CN1CCC[C@@H](Cn2ccnc2)C1. The number of likely N-dealkylation sites (tertiary alicyclic amines) is 1. The minimum atomic E-state index is 0.717. The lowest BCUT2D eigenvalue weighted by molar-refractivity contribution is 0.154. The summed E-state index contributed by atoms with van der Waals surface area (Å²) in [5.74, 6) is 0.717. The van der Waals surface area contributed by atoms with Crippen LogP contribution < -0.4 is 0 Å². The van der Waals surface area contributed by atoms with Crippen molar-refractivity contribution >= 4 is 16.3 Å². The van der Waals surface area contributed by atoms with E-state index in [9.17, 15) is 0 Å². The van der Waals surface area contributed by atoms with Crippen molar-refractivity contribution < 1.29 is 0 Å². The summed E-state index contributed by atoms with van der Waals surface area (Å²) >= 11 is 1.71. The van der Waals surface area contributed by atoms with Gasteiger partial charge in [-0.2, -0.15) is 0 Å². The molecule has 1 saturated heterocycles. The largest absolute Gasteiger partial charge is 0.337 e. The summed E-state index contributed by atoms with van der Waals surface area (Å²) in [4.78, 5) is 12.5. The molecule has 5 nitrogen and oxygen atoms in total. The Balaban J connectivity index is 1.46. The molecule has 4 heterocycles. The molecule has 0 aliphatic carbocycles. The van der Waals surface area contributed by atoms with Crippen molar-refractivity contribution in [1.82, 2.24) is 23.8 Å². The zero-order chi connectivity index (χ0) is 14.9. The molecule has 6 heteroatoms. The number of rotatable bonds is 4. The first-order valence-electron chi connectivity index (χ1n) is 7.89. The average molecular weight is 315 g/mol. The fraction of sp³-hybridized carbons (Fsp3) is 0.500. The summed E-state index contributed by atoms with van der Waals surface area (Å²) in [5, 5.41) is 2.11. The summed E-state index contributed by atoms with van der Waals surface area (Å²) < 4.78 is 4.45. The van der Waals surface area contributed by atoms with E-state index < -0.39 is 0 Å². The van der Waals surface area contributed by atoms with Crippen LogP contribution in [0.25, 0.3) is 4.96 Å². The maximum absolute atomic E-state index is 4.66. The van der Waals surface area contributed by atoms with Gasteiger partial charge in [-0.25, -0.2) is 9.97 Å². The maximum Gasteiger partial charge on any atom is 0.194 e. The molecular formula is C16H21N5S. The monoisotopic (exact) mass is 315 g/mol. The fourth-order valence-electron chi connectivity index (χ4n) is 3.48. The molecule has 0 N–H and O–H groups in total. The molecule has 0 spiro atoms. The van der Waals surface area contributed by atoms with E-state index in [0.29, 0.717) is 5.92 Å². The molecule has 0 unspecified atom stereocenters. The Hall–Kier alpha value is -1.66. The molecule has 1 aliphatic rings. The minimum Gasteiger partial charge on any atom is -0.337 e. The molecule has 22 heavy (non-hydrogen) atoms. The zero-order valence-electron chi connectivity index (χ0n) is 12.9. The lowest BCUT2D eigenvalue weighted by Crippen LogP contribution is -2.36. The van der Waals surface area contributed by atoms with Gasteiger partial charge in [0.2, 0.25) is 0 Å². The predicted molar refractivity (Wildman–Crippen MR) is 88.0 cm³/mol. The topological polar surface area (TPSA) is 38.4 Å². The van der Waals surface area contributed by atoms with Crippen molar-refractivity contribution in [3.63, 3.8) is 0 Å². The number of fused-ring (bicyclic) bond motifs is 1. The van der Waals surface area contributed by atoms with E-state index in [0.717, 1.165) is 24.6 Å². The second kappa shape index (κ2) is 5.85. The number of aromatic nitrogens is 4. The van der Waals surface area contributed by atoms with Crippen LogP contribution in [0.2, 0.25) is 0 Å². The highest BCUT2D eigenvalue weighted by Crippen LogP contribution is 2.23. The third-order valence-corrected chi connectivity index (χ3v) is 5.32. The van der Waals surface area contributed by atoms with Crippen molar-refractivity contribution in [3.05, 3.63) is 41.7 Å². The van der Waals surface area contributed by atoms with Crippen molar-refractivity contribution in [2.24, 2.45) is 5.92 Å². The zero-order valence-corrected chi connectivity index (χ0v) is 13.7. The standard InChI is InChI=1S/C16H21N5S/c1-13-15(21-7-8-22-16(21)18-13)11-19-5-2-3-14(9-19)10-20-6-4-17-12-20/h4,6-8,12,14H,2-3,5,9-11H2,1H3/t14-/m1/s1. The van der Waals surface area contributed by atoms with Gasteiger partial charge in [0.05, 0.1) is 17.7 Å².